The second kappa shape index (κ2) is 4.49. The lowest BCUT2D eigenvalue weighted by molar-refractivity contribution is 0.159. The molecule has 1 rings (SSSR count). The minimum Gasteiger partial charge on any atom is -0.387 e. The van der Waals surface area contributed by atoms with E-state index in [2.05, 4.69) is 19.7 Å². The molecule has 1 N–H and O–H groups in total. The highest BCUT2D eigenvalue weighted by molar-refractivity contribution is 5.14. The number of aromatic nitrogens is 1. The Morgan fingerprint density at radius 2 is 2.62 bits per heavy atom. The Bertz CT molecular complexity index is 316. The molecule has 13 heavy (non-hydrogen) atoms. The highest BCUT2D eigenvalue weighted by atomic mass is 16.5. The summed E-state index contributed by atoms with van der Waals surface area (Å²) < 4.78 is 4.66. The number of aliphatic hydroxyl groups excluding tert-OH is 1. The summed E-state index contributed by atoms with van der Waals surface area (Å²) in [7, 11) is 0. The summed E-state index contributed by atoms with van der Waals surface area (Å²) in [6.45, 7) is 2.05. The molecule has 0 aliphatic carbocycles. The quantitative estimate of drug-likeness (QED) is 0.436. The van der Waals surface area contributed by atoms with Gasteiger partial charge in [0.25, 0.3) is 0 Å². The van der Waals surface area contributed by atoms with E-state index >= 15 is 0 Å². The van der Waals surface area contributed by atoms with Crippen LogP contribution in [0.15, 0.2) is 15.9 Å². The Balaban J connectivity index is 2.53. The molecule has 1 atom stereocenters. The van der Waals surface area contributed by atoms with E-state index in [4.69, 9.17) is 5.53 Å². The summed E-state index contributed by atoms with van der Waals surface area (Å²) >= 11 is 0. The van der Waals surface area contributed by atoms with Crippen molar-refractivity contribution >= 4 is 0 Å². The first kappa shape index (κ1) is 9.57. The Labute approximate surface area is 74.8 Å². The summed E-state index contributed by atoms with van der Waals surface area (Å²) in [5.41, 5.74) is 9.31. The van der Waals surface area contributed by atoms with Crippen molar-refractivity contribution in [3.05, 3.63) is 28.0 Å². The van der Waals surface area contributed by atoms with Gasteiger partial charge >= 0.3 is 0 Å². The van der Waals surface area contributed by atoms with Gasteiger partial charge in [-0.1, -0.05) is 10.3 Å². The average molecular weight is 182 g/mol. The maximum atomic E-state index is 9.51. The molecule has 0 bridgehead atoms. The highest BCUT2D eigenvalue weighted by Gasteiger charge is 2.13. The van der Waals surface area contributed by atoms with Crippen molar-refractivity contribution in [2.45, 2.75) is 19.4 Å². The normalized spacial score (nSPS) is 12.2. The van der Waals surface area contributed by atoms with Gasteiger partial charge in [0.2, 0.25) is 0 Å². The molecule has 1 heterocycles. The monoisotopic (exact) mass is 182 g/mol. The van der Waals surface area contributed by atoms with Gasteiger partial charge in [-0.25, -0.2) is 0 Å². The van der Waals surface area contributed by atoms with Gasteiger partial charge in [-0.2, -0.15) is 0 Å². The van der Waals surface area contributed by atoms with Crippen LogP contribution in [0, 0.1) is 6.92 Å². The first-order valence-corrected chi connectivity index (χ1v) is 3.85. The van der Waals surface area contributed by atoms with Crippen LogP contribution < -0.4 is 0 Å². The predicted molar refractivity (Wildman–Crippen MR) is 44.8 cm³/mol. The molecule has 6 nitrogen and oxygen atoms in total. The van der Waals surface area contributed by atoms with Crippen LogP contribution in [0.4, 0.5) is 0 Å². The van der Waals surface area contributed by atoms with E-state index in [-0.39, 0.29) is 6.54 Å². The van der Waals surface area contributed by atoms with Crippen LogP contribution in [0.5, 0.6) is 0 Å². The first-order chi connectivity index (χ1) is 6.25. The lowest BCUT2D eigenvalue weighted by Gasteiger charge is -2.04. The number of aryl methyl sites for hydroxylation is 1. The number of hydrogen-bond donors (Lipinski definition) is 1. The topological polar surface area (TPSA) is 95.0 Å². The fourth-order valence-electron chi connectivity index (χ4n) is 0.980. The number of rotatable bonds is 4. The third-order valence-corrected chi connectivity index (χ3v) is 1.67. The third-order valence-electron chi connectivity index (χ3n) is 1.67. The Hall–Kier alpha value is -1.52. The smallest absolute Gasteiger partial charge is 0.127 e. The largest absolute Gasteiger partial charge is 0.387 e. The molecule has 1 unspecified atom stereocenters. The van der Waals surface area contributed by atoms with Crippen LogP contribution in [0.3, 0.4) is 0 Å². The molecule has 6 heteroatoms. The molecule has 0 saturated carbocycles. The minimum atomic E-state index is -0.718. The lowest BCUT2D eigenvalue weighted by Crippen LogP contribution is -2.01. The van der Waals surface area contributed by atoms with Crippen molar-refractivity contribution in [1.82, 2.24) is 5.16 Å². The van der Waals surface area contributed by atoms with Gasteiger partial charge in [-0.3, -0.25) is 0 Å². The van der Waals surface area contributed by atoms with Crippen molar-refractivity contribution in [2.75, 3.05) is 6.54 Å². The molecule has 1 aromatic heterocycles. The maximum absolute atomic E-state index is 9.51. The molecule has 1 aromatic rings. The summed E-state index contributed by atoms with van der Waals surface area (Å²) in [4.78, 5) is 2.58. The molecule has 0 radical (unpaired) electrons. The van der Waals surface area contributed by atoms with E-state index in [1.165, 1.54) is 6.26 Å². The Morgan fingerprint density at radius 1 is 1.85 bits per heavy atom. The minimum absolute atomic E-state index is 0.254. The van der Waals surface area contributed by atoms with Crippen LogP contribution in [0.2, 0.25) is 0 Å². The fraction of sp³-hybridized carbons (Fsp3) is 0.571. The molecule has 0 amide bonds. The number of azide groups is 1. The molecule has 0 aliphatic rings. The molecule has 0 spiro atoms. The molecule has 0 saturated heterocycles. The zero-order valence-electron chi connectivity index (χ0n) is 7.21. The molecule has 0 aromatic carbocycles. The summed E-state index contributed by atoms with van der Waals surface area (Å²) in [6, 6.07) is 0. The number of nitrogens with zero attached hydrogens (tertiary/aromatic N) is 4. The van der Waals surface area contributed by atoms with Gasteiger partial charge in [0.05, 0.1) is 6.10 Å². The van der Waals surface area contributed by atoms with E-state index in [1.54, 1.807) is 6.92 Å². The molecule has 0 fully saturated rings. The van der Waals surface area contributed by atoms with Crippen LogP contribution in [0.25, 0.3) is 10.4 Å². The molecule has 70 valence electrons. The van der Waals surface area contributed by atoms with Gasteiger partial charge in [0.15, 0.2) is 0 Å². The van der Waals surface area contributed by atoms with Crippen molar-refractivity contribution in [3.8, 4) is 0 Å². The zero-order valence-corrected chi connectivity index (χ0v) is 7.21. The van der Waals surface area contributed by atoms with E-state index < -0.39 is 6.10 Å². The SMILES string of the molecule is Cc1conc1C(O)CCN=[N+]=[N-]. The molecular formula is C7H10N4O2. The molecular weight excluding hydrogens is 172 g/mol. The van der Waals surface area contributed by atoms with Gasteiger partial charge in [-0.05, 0) is 18.9 Å². The zero-order chi connectivity index (χ0) is 9.68. The average Bonchev–Trinajstić information content (AvgIpc) is 2.52. The van der Waals surface area contributed by atoms with E-state index in [0.717, 1.165) is 5.56 Å². The van der Waals surface area contributed by atoms with Crippen molar-refractivity contribution in [2.24, 2.45) is 5.11 Å². The molecule has 0 aliphatic heterocycles. The van der Waals surface area contributed by atoms with Gasteiger partial charge in [0.1, 0.15) is 12.0 Å². The van der Waals surface area contributed by atoms with Crippen LogP contribution in [-0.2, 0) is 0 Å². The van der Waals surface area contributed by atoms with E-state index in [9.17, 15) is 5.11 Å². The first-order valence-electron chi connectivity index (χ1n) is 3.85. The highest BCUT2D eigenvalue weighted by Crippen LogP contribution is 2.18. The van der Waals surface area contributed by atoms with Gasteiger partial charge < -0.3 is 9.63 Å². The third kappa shape index (κ3) is 2.47. The van der Waals surface area contributed by atoms with Crippen molar-refractivity contribution < 1.29 is 9.63 Å². The fourth-order valence-corrected chi connectivity index (χ4v) is 0.980. The standard InChI is InChI=1S/C7H10N4O2/c1-5-4-13-10-7(5)6(12)2-3-9-11-8/h4,6,12H,2-3H2,1H3. The summed E-state index contributed by atoms with van der Waals surface area (Å²) in [6.07, 6.45) is 1.10. The number of aliphatic hydroxyl groups is 1. The second-order valence-corrected chi connectivity index (χ2v) is 2.64. The van der Waals surface area contributed by atoms with Gasteiger partial charge in [0, 0.05) is 17.0 Å². The van der Waals surface area contributed by atoms with Crippen molar-refractivity contribution in [3.63, 3.8) is 0 Å². The predicted octanol–water partition coefficient (Wildman–Crippen LogP) is 1.72. The van der Waals surface area contributed by atoms with Gasteiger partial charge in [-0.15, -0.1) is 0 Å². The number of hydrogen-bond acceptors (Lipinski definition) is 4. The van der Waals surface area contributed by atoms with Crippen LogP contribution in [0.1, 0.15) is 23.8 Å². The van der Waals surface area contributed by atoms with E-state index in [1.807, 2.05) is 0 Å². The lowest BCUT2D eigenvalue weighted by atomic mass is 10.1. The second-order valence-electron chi connectivity index (χ2n) is 2.64. The summed E-state index contributed by atoms with van der Waals surface area (Å²) in [5.74, 6) is 0. The summed E-state index contributed by atoms with van der Waals surface area (Å²) in [5, 5.41) is 16.5. The Kier molecular flexibility index (Phi) is 3.31. The van der Waals surface area contributed by atoms with Crippen molar-refractivity contribution in [1.29, 1.82) is 0 Å². The van der Waals surface area contributed by atoms with Crippen LogP contribution >= 0.6 is 0 Å². The Morgan fingerprint density at radius 3 is 3.15 bits per heavy atom. The maximum Gasteiger partial charge on any atom is 0.127 e. The van der Waals surface area contributed by atoms with E-state index in [0.29, 0.717) is 12.1 Å². The van der Waals surface area contributed by atoms with Crippen LogP contribution in [-0.4, -0.2) is 16.8 Å².